The molecule has 0 saturated heterocycles. The lowest BCUT2D eigenvalue weighted by Gasteiger charge is -2.06. The number of hydrogen-bond donors (Lipinski definition) is 0. The van der Waals surface area contributed by atoms with E-state index in [1.165, 1.54) is 5.56 Å². The normalized spacial score (nSPS) is 10.4. The standard InChI is InChI=1S/C14H15NO/c1-10-4-6-12(7-5-10)14-11(2)8-13(9-16)15(14)3/h4-9H,1-3H3. The number of rotatable bonds is 2. The first-order valence-corrected chi connectivity index (χ1v) is 5.32. The van der Waals surface area contributed by atoms with Gasteiger partial charge in [-0.15, -0.1) is 0 Å². The SMILES string of the molecule is Cc1ccc(-c2c(C)cc(C=O)n2C)cc1. The molecular formula is C14H15NO. The number of aryl methyl sites for hydroxylation is 2. The van der Waals surface area contributed by atoms with Gasteiger partial charge < -0.3 is 4.57 Å². The van der Waals surface area contributed by atoms with Crippen LogP contribution in [0.1, 0.15) is 21.6 Å². The first kappa shape index (κ1) is 10.7. The Kier molecular flexibility index (Phi) is 2.65. The summed E-state index contributed by atoms with van der Waals surface area (Å²) in [4.78, 5) is 10.9. The molecule has 2 aromatic rings. The summed E-state index contributed by atoms with van der Waals surface area (Å²) in [6.07, 6.45) is 0.894. The van der Waals surface area contributed by atoms with Crippen molar-refractivity contribution in [2.75, 3.05) is 0 Å². The van der Waals surface area contributed by atoms with Crippen LogP contribution in [0.25, 0.3) is 11.3 Å². The van der Waals surface area contributed by atoms with Crippen LogP contribution in [-0.4, -0.2) is 10.9 Å². The fourth-order valence-corrected chi connectivity index (χ4v) is 2.03. The third-order valence-corrected chi connectivity index (χ3v) is 2.91. The van der Waals surface area contributed by atoms with E-state index in [0.29, 0.717) is 5.69 Å². The van der Waals surface area contributed by atoms with Gasteiger partial charge in [0, 0.05) is 7.05 Å². The Labute approximate surface area is 95.5 Å². The van der Waals surface area contributed by atoms with Gasteiger partial charge in [0.1, 0.15) is 0 Å². The maximum atomic E-state index is 10.9. The molecule has 2 heteroatoms. The highest BCUT2D eigenvalue weighted by molar-refractivity contribution is 5.78. The number of aldehydes is 1. The zero-order valence-corrected chi connectivity index (χ0v) is 9.82. The van der Waals surface area contributed by atoms with Crippen LogP contribution in [0.3, 0.4) is 0 Å². The zero-order chi connectivity index (χ0) is 11.7. The molecule has 0 N–H and O–H groups in total. The number of carbonyl (C=O) groups is 1. The molecule has 0 aliphatic carbocycles. The van der Waals surface area contributed by atoms with Crippen molar-refractivity contribution >= 4 is 6.29 Å². The highest BCUT2D eigenvalue weighted by atomic mass is 16.1. The summed E-state index contributed by atoms with van der Waals surface area (Å²) < 4.78 is 1.94. The van der Waals surface area contributed by atoms with Gasteiger partial charge in [0.2, 0.25) is 0 Å². The molecule has 0 unspecified atom stereocenters. The smallest absolute Gasteiger partial charge is 0.166 e. The Hall–Kier alpha value is -1.83. The number of benzene rings is 1. The van der Waals surface area contributed by atoms with Gasteiger partial charge in [-0.1, -0.05) is 29.8 Å². The monoisotopic (exact) mass is 213 g/mol. The second kappa shape index (κ2) is 3.97. The van der Waals surface area contributed by atoms with Crippen molar-refractivity contribution in [1.29, 1.82) is 0 Å². The van der Waals surface area contributed by atoms with Gasteiger partial charge in [0.15, 0.2) is 6.29 Å². The highest BCUT2D eigenvalue weighted by Crippen LogP contribution is 2.25. The van der Waals surface area contributed by atoms with Gasteiger partial charge in [-0.25, -0.2) is 0 Å². The van der Waals surface area contributed by atoms with Crippen molar-refractivity contribution in [3.63, 3.8) is 0 Å². The van der Waals surface area contributed by atoms with Crippen molar-refractivity contribution in [3.8, 4) is 11.3 Å². The van der Waals surface area contributed by atoms with Crippen LogP contribution in [0, 0.1) is 13.8 Å². The summed E-state index contributed by atoms with van der Waals surface area (Å²) >= 11 is 0. The molecule has 1 heterocycles. The van der Waals surface area contributed by atoms with Gasteiger partial charge in [-0.3, -0.25) is 4.79 Å². The predicted molar refractivity (Wildman–Crippen MR) is 65.7 cm³/mol. The molecule has 0 fully saturated rings. The van der Waals surface area contributed by atoms with Crippen LogP contribution in [0.4, 0.5) is 0 Å². The van der Waals surface area contributed by atoms with Gasteiger partial charge in [0.25, 0.3) is 0 Å². The van der Waals surface area contributed by atoms with E-state index in [4.69, 9.17) is 0 Å². The highest BCUT2D eigenvalue weighted by Gasteiger charge is 2.10. The molecule has 1 aromatic heterocycles. The molecule has 2 nitrogen and oxygen atoms in total. The lowest BCUT2D eigenvalue weighted by molar-refractivity contribution is 0.111. The average Bonchev–Trinajstić information content (AvgIpc) is 2.56. The number of nitrogens with zero attached hydrogens (tertiary/aromatic N) is 1. The minimum absolute atomic E-state index is 0.716. The molecule has 0 bridgehead atoms. The van der Waals surface area contributed by atoms with Crippen LogP contribution in [0.5, 0.6) is 0 Å². The maximum absolute atomic E-state index is 10.9. The summed E-state index contributed by atoms with van der Waals surface area (Å²) in [6, 6.07) is 10.3. The second-order valence-electron chi connectivity index (χ2n) is 4.14. The first-order valence-electron chi connectivity index (χ1n) is 5.32. The Balaban J connectivity index is 2.59. The van der Waals surface area contributed by atoms with Crippen molar-refractivity contribution in [2.45, 2.75) is 13.8 Å². The quantitative estimate of drug-likeness (QED) is 0.702. The van der Waals surface area contributed by atoms with Gasteiger partial charge in [-0.2, -0.15) is 0 Å². The van der Waals surface area contributed by atoms with E-state index in [2.05, 4.69) is 31.2 Å². The van der Waals surface area contributed by atoms with E-state index in [-0.39, 0.29) is 0 Å². The maximum Gasteiger partial charge on any atom is 0.166 e. The van der Waals surface area contributed by atoms with Crippen LogP contribution >= 0.6 is 0 Å². The molecule has 0 atom stereocenters. The molecule has 2 rings (SSSR count). The minimum atomic E-state index is 0.716. The predicted octanol–water partition coefficient (Wildman–Crippen LogP) is 3.12. The summed E-state index contributed by atoms with van der Waals surface area (Å²) in [6.45, 7) is 4.10. The van der Waals surface area contributed by atoms with Crippen molar-refractivity contribution in [3.05, 3.63) is 47.2 Å². The van der Waals surface area contributed by atoms with Crippen LogP contribution in [0.15, 0.2) is 30.3 Å². The van der Waals surface area contributed by atoms with Crippen LogP contribution in [0.2, 0.25) is 0 Å². The van der Waals surface area contributed by atoms with Crippen molar-refractivity contribution < 1.29 is 4.79 Å². The van der Waals surface area contributed by atoms with E-state index in [9.17, 15) is 4.79 Å². The largest absolute Gasteiger partial charge is 0.341 e. The van der Waals surface area contributed by atoms with E-state index >= 15 is 0 Å². The summed E-state index contributed by atoms with van der Waals surface area (Å²) in [7, 11) is 1.92. The van der Waals surface area contributed by atoms with Gasteiger partial charge in [-0.05, 0) is 31.0 Å². The molecule has 0 aliphatic heterocycles. The van der Waals surface area contributed by atoms with Gasteiger partial charge >= 0.3 is 0 Å². The fourth-order valence-electron chi connectivity index (χ4n) is 2.03. The molecule has 0 aliphatic rings. The van der Waals surface area contributed by atoms with E-state index < -0.39 is 0 Å². The second-order valence-corrected chi connectivity index (χ2v) is 4.14. The Morgan fingerprint density at radius 2 is 1.75 bits per heavy atom. The minimum Gasteiger partial charge on any atom is -0.341 e. The topological polar surface area (TPSA) is 22.0 Å². The van der Waals surface area contributed by atoms with E-state index in [0.717, 1.165) is 23.1 Å². The Morgan fingerprint density at radius 1 is 1.12 bits per heavy atom. The molecular weight excluding hydrogens is 198 g/mol. The zero-order valence-electron chi connectivity index (χ0n) is 9.82. The van der Waals surface area contributed by atoms with Crippen LogP contribution < -0.4 is 0 Å². The number of aromatic nitrogens is 1. The molecule has 0 amide bonds. The summed E-state index contributed by atoms with van der Waals surface area (Å²) in [5.41, 5.74) is 5.36. The third kappa shape index (κ3) is 1.67. The summed E-state index contributed by atoms with van der Waals surface area (Å²) in [5.74, 6) is 0. The van der Waals surface area contributed by atoms with E-state index in [1.807, 2.05) is 24.6 Å². The Bertz CT molecular complexity index is 520. The lowest BCUT2D eigenvalue weighted by Crippen LogP contribution is -1.97. The third-order valence-electron chi connectivity index (χ3n) is 2.91. The van der Waals surface area contributed by atoms with Crippen LogP contribution in [-0.2, 0) is 7.05 Å². The molecule has 1 aromatic carbocycles. The summed E-state index contributed by atoms with van der Waals surface area (Å²) in [5, 5.41) is 0. The molecule has 0 radical (unpaired) electrons. The van der Waals surface area contributed by atoms with Crippen molar-refractivity contribution in [2.24, 2.45) is 7.05 Å². The van der Waals surface area contributed by atoms with E-state index in [1.54, 1.807) is 0 Å². The molecule has 16 heavy (non-hydrogen) atoms. The molecule has 0 spiro atoms. The molecule has 82 valence electrons. The first-order chi connectivity index (χ1) is 7.63. The lowest BCUT2D eigenvalue weighted by atomic mass is 10.1. The van der Waals surface area contributed by atoms with Crippen molar-refractivity contribution in [1.82, 2.24) is 4.57 Å². The Morgan fingerprint density at radius 3 is 2.25 bits per heavy atom. The average molecular weight is 213 g/mol. The fraction of sp³-hybridized carbons (Fsp3) is 0.214. The van der Waals surface area contributed by atoms with Gasteiger partial charge in [0.05, 0.1) is 11.4 Å². The molecule has 0 saturated carbocycles. The number of hydrogen-bond acceptors (Lipinski definition) is 1. The number of carbonyl (C=O) groups excluding carboxylic acids is 1.